The van der Waals surface area contributed by atoms with Crippen molar-refractivity contribution < 1.29 is 13.9 Å². The highest BCUT2D eigenvalue weighted by atomic mass is 19.1. The molecule has 1 rings (SSSR count). The second-order valence-corrected chi connectivity index (χ2v) is 2.55. The largest absolute Gasteiger partial charge is 0.449 e. The van der Waals surface area contributed by atoms with E-state index < -0.39 is 6.09 Å². The summed E-state index contributed by atoms with van der Waals surface area (Å²) in [7, 11) is 0. The first-order valence-electron chi connectivity index (χ1n) is 3.85. The highest BCUT2D eigenvalue weighted by Gasteiger charge is 1.97. The number of hydrogen-bond donors (Lipinski definition) is 1. The number of nitrogens with two attached hydrogens (primary N) is 1. The second kappa shape index (κ2) is 4.45. The minimum absolute atomic E-state index is 0.179. The van der Waals surface area contributed by atoms with Crippen LogP contribution in [0.4, 0.5) is 9.18 Å². The number of ether oxygens (including phenoxy) is 1. The monoisotopic (exact) mass is 183 g/mol. The molecule has 1 amide bonds. The molecule has 0 atom stereocenters. The molecule has 0 heterocycles. The molecule has 0 saturated heterocycles. The van der Waals surface area contributed by atoms with Crippen molar-refractivity contribution in [3.63, 3.8) is 0 Å². The molecule has 0 unspecified atom stereocenters. The van der Waals surface area contributed by atoms with Crippen molar-refractivity contribution in [1.29, 1.82) is 0 Å². The molecule has 4 heteroatoms. The van der Waals surface area contributed by atoms with Gasteiger partial charge in [0, 0.05) is 6.42 Å². The topological polar surface area (TPSA) is 52.3 Å². The van der Waals surface area contributed by atoms with Crippen molar-refractivity contribution in [3.8, 4) is 0 Å². The van der Waals surface area contributed by atoms with Gasteiger partial charge in [-0.2, -0.15) is 0 Å². The zero-order valence-electron chi connectivity index (χ0n) is 7.00. The number of halogens is 1. The Balaban J connectivity index is 2.41. The van der Waals surface area contributed by atoms with Gasteiger partial charge in [0.2, 0.25) is 0 Å². The summed E-state index contributed by atoms with van der Waals surface area (Å²) in [6.07, 6.45) is -0.336. The summed E-state index contributed by atoms with van der Waals surface area (Å²) >= 11 is 0. The summed E-state index contributed by atoms with van der Waals surface area (Å²) in [5, 5.41) is 0. The molecule has 0 aliphatic heterocycles. The van der Waals surface area contributed by atoms with Crippen LogP contribution in [0.2, 0.25) is 0 Å². The maximum Gasteiger partial charge on any atom is 0.404 e. The number of benzene rings is 1. The predicted molar refractivity (Wildman–Crippen MR) is 45.6 cm³/mol. The van der Waals surface area contributed by atoms with Crippen LogP contribution in [0.25, 0.3) is 0 Å². The molecule has 13 heavy (non-hydrogen) atoms. The summed E-state index contributed by atoms with van der Waals surface area (Å²) in [5.74, 6) is -0.295. The van der Waals surface area contributed by atoms with E-state index in [9.17, 15) is 9.18 Å². The highest BCUT2D eigenvalue weighted by molar-refractivity contribution is 5.64. The lowest BCUT2D eigenvalue weighted by Crippen LogP contribution is -2.14. The van der Waals surface area contributed by atoms with Gasteiger partial charge in [-0.15, -0.1) is 0 Å². The average Bonchev–Trinajstić information content (AvgIpc) is 2.03. The van der Waals surface area contributed by atoms with Crippen LogP contribution < -0.4 is 5.73 Å². The Bertz CT molecular complexity index is 301. The van der Waals surface area contributed by atoms with Crippen LogP contribution in [-0.4, -0.2) is 12.7 Å². The van der Waals surface area contributed by atoms with Gasteiger partial charge in [-0.25, -0.2) is 9.18 Å². The van der Waals surface area contributed by atoms with Gasteiger partial charge in [0.15, 0.2) is 0 Å². The molecule has 0 saturated carbocycles. The summed E-state index contributed by atoms with van der Waals surface area (Å²) < 4.78 is 17.1. The van der Waals surface area contributed by atoms with Gasteiger partial charge in [-0.3, -0.25) is 0 Å². The van der Waals surface area contributed by atoms with E-state index in [2.05, 4.69) is 4.74 Å². The van der Waals surface area contributed by atoms with Gasteiger partial charge >= 0.3 is 6.09 Å². The zero-order valence-corrected chi connectivity index (χ0v) is 7.00. The number of primary amides is 1. The maximum absolute atomic E-state index is 12.6. The van der Waals surface area contributed by atoms with E-state index >= 15 is 0 Å². The Morgan fingerprint density at radius 2 is 2.31 bits per heavy atom. The van der Waals surface area contributed by atoms with Crippen LogP contribution in [-0.2, 0) is 11.2 Å². The van der Waals surface area contributed by atoms with E-state index in [1.807, 2.05) is 0 Å². The average molecular weight is 183 g/mol. The van der Waals surface area contributed by atoms with Gasteiger partial charge < -0.3 is 10.5 Å². The molecular formula is C9H10FNO2. The fourth-order valence-electron chi connectivity index (χ4n) is 0.962. The SMILES string of the molecule is NC(=O)OCCc1cccc(F)c1. The Morgan fingerprint density at radius 3 is 2.92 bits per heavy atom. The van der Waals surface area contributed by atoms with Gasteiger partial charge in [0.05, 0.1) is 6.61 Å². The summed E-state index contributed by atoms with van der Waals surface area (Å²) in [4.78, 5) is 10.2. The van der Waals surface area contributed by atoms with Crippen LogP contribution >= 0.6 is 0 Å². The molecule has 2 N–H and O–H groups in total. The smallest absolute Gasteiger partial charge is 0.404 e. The van der Waals surface area contributed by atoms with Crippen LogP contribution in [0.1, 0.15) is 5.56 Å². The molecule has 70 valence electrons. The van der Waals surface area contributed by atoms with Gasteiger partial charge in [-0.1, -0.05) is 12.1 Å². The van der Waals surface area contributed by atoms with Crippen LogP contribution in [0.15, 0.2) is 24.3 Å². The van der Waals surface area contributed by atoms with Gasteiger partial charge in [-0.05, 0) is 17.7 Å². The molecule has 0 radical (unpaired) electrons. The fourth-order valence-corrected chi connectivity index (χ4v) is 0.962. The zero-order chi connectivity index (χ0) is 9.68. The fraction of sp³-hybridized carbons (Fsp3) is 0.222. The number of hydrogen-bond acceptors (Lipinski definition) is 2. The van der Waals surface area contributed by atoms with E-state index in [0.29, 0.717) is 6.42 Å². The molecule has 0 bridgehead atoms. The Kier molecular flexibility index (Phi) is 3.25. The first-order valence-corrected chi connectivity index (χ1v) is 3.85. The highest BCUT2D eigenvalue weighted by Crippen LogP contribution is 2.03. The molecule has 3 nitrogen and oxygen atoms in total. The van der Waals surface area contributed by atoms with Gasteiger partial charge in [0.1, 0.15) is 5.82 Å². The molecule has 0 aliphatic carbocycles. The summed E-state index contributed by atoms with van der Waals surface area (Å²) in [6, 6.07) is 6.12. The molecule has 0 spiro atoms. The van der Waals surface area contributed by atoms with Crippen molar-refractivity contribution >= 4 is 6.09 Å². The quantitative estimate of drug-likeness (QED) is 0.771. The lowest BCUT2D eigenvalue weighted by molar-refractivity contribution is 0.158. The minimum atomic E-state index is -0.809. The Morgan fingerprint density at radius 1 is 1.54 bits per heavy atom. The molecule has 0 fully saturated rings. The van der Waals surface area contributed by atoms with Crippen molar-refractivity contribution in [2.24, 2.45) is 5.73 Å². The third kappa shape index (κ3) is 3.55. The second-order valence-electron chi connectivity index (χ2n) is 2.55. The summed E-state index contributed by atoms with van der Waals surface area (Å²) in [5.41, 5.74) is 5.53. The molecular weight excluding hydrogens is 173 g/mol. The molecule has 1 aromatic rings. The van der Waals surface area contributed by atoms with Crippen LogP contribution in [0.5, 0.6) is 0 Å². The Hall–Kier alpha value is -1.58. The standard InChI is InChI=1S/C9H10FNO2/c10-8-3-1-2-7(6-8)4-5-13-9(11)12/h1-3,6H,4-5H2,(H2,11,12). The van der Waals surface area contributed by atoms with Gasteiger partial charge in [0.25, 0.3) is 0 Å². The van der Waals surface area contributed by atoms with Crippen LogP contribution in [0.3, 0.4) is 0 Å². The minimum Gasteiger partial charge on any atom is -0.449 e. The number of carbonyl (C=O) groups excluding carboxylic acids is 1. The van der Waals surface area contributed by atoms with E-state index in [-0.39, 0.29) is 12.4 Å². The molecule has 0 aliphatic rings. The lowest BCUT2D eigenvalue weighted by Gasteiger charge is -2.01. The number of carbonyl (C=O) groups is 1. The third-order valence-electron chi connectivity index (χ3n) is 1.52. The van der Waals surface area contributed by atoms with Crippen molar-refractivity contribution in [3.05, 3.63) is 35.6 Å². The Labute approximate surface area is 75.3 Å². The lowest BCUT2D eigenvalue weighted by atomic mass is 10.2. The molecule has 1 aromatic carbocycles. The third-order valence-corrected chi connectivity index (χ3v) is 1.52. The van der Waals surface area contributed by atoms with E-state index in [0.717, 1.165) is 5.56 Å². The van der Waals surface area contributed by atoms with E-state index in [4.69, 9.17) is 5.73 Å². The normalized spacial score (nSPS) is 9.62. The first-order chi connectivity index (χ1) is 6.18. The van der Waals surface area contributed by atoms with E-state index in [1.165, 1.54) is 12.1 Å². The molecule has 0 aromatic heterocycles. The summed E-state index contributed by atoms with van der Waals surface area (Å²) in [6.45, 7) is 0.179. The van der Waals surface area contributed by atoms with Crippen molar-refractivity contribution in [1.82, 2.24) is 0 Å². The van der Waals surface area contributed by atoms with Crippen molar-refractivity contribution in [2.75, 3.05) is 6.61 Å². The predicted octanol–water partition coefficient (Wildman–Crippen LogP) is 1.46. The van der Waals surface area contributed by atoms with Crippen molar-refractivity contribution in [2.45, 2.75) is 6.42 Å². The first kappa shape index (κ1) is 9.51. The maximum atomic E-state index is 12.6. The van der Waals surface area contributed by atoms with Crippen LogP contribution in [0, 0.1) is 5.82 Å². The number of amides is 1. The number of rotatable bonds is 3. The van der Waals surface area contributed by atoms with E-state index in [1.54, 1.807) is 12.1 Å².